The van der Waals surface area contributed by atoms with Gasteiger partial charge in [0, 0.05) is 18.7 Å². The summed E-state index contributed by atoms with van der Waals surface area (Å²) in [6, 6.07) is 6.60. The molecule has 0 spiro atoms. The van der Waals surface area contributed by atoms with Crippen molar-refractivity contribution in [1.82, 2.24) is 5.32 Å². The number of carbonyl (C=O) groups is 2. The van der Waals surface area contributed by atoms with Gasteiger partial charge < -0.3 is 20.3 Å². The second-order valence-electron chi connectivity index (χ2n) is 5.20. The van der Waals surface area contributed by atoms with E-state index < -0.39 is 21.8 Å². The van der Waals surface area contributed by atoms with E-state index in [2.05, 4.69) is 5.32 Å². The molecule has 1 aromatic rings. The Hall–Kier alpha value is -2.39. The lowest BCUT2D eigenvalue weighted by atomic mass is 10.2. The van der Waals surface area contributed by atoms with Gasteiger partial charge in [0.05, 0.1) is 17.3 Å². The van der Waals surface area contributed by atoms with E-state index >= 15 is 0 Å². The molecule has 0 bridgehead atoms. The quantitative estimate of drug-likeness (QED) is 0.652. The van der Waals surface area contributed by atoms with E-state index in [1.165, 1.54) is 0 Å². The van der Waals surface area contributed by atoms with Crippen molar-refractivity contribution in [3.63, 3.8) is 0 Å². The van der Waals surface area contributed by atoms with Crippen LogP contribution in [-0.4, -0.2) is 56.0 Å². The highest BCUT2D eigenvalue weighted by Crippen LogP contribution is 2.22. The van der Waals surface area contributed by atoms with Crippen molar-refractivity contribution in [3.05, 3.63) is 36.4 Å². The van der Waals surface area contributed by atoms with Crippen LogP contribution >= 0.6 is 0 Å². The first kappa shape index (κ1) is 20.7. The van der Waals surface area contributed by atoms with Gasteiger partial charge in [-0.2, -0.15) is 0 Å². The Bertz CT molecular complexity index is 689. The van der Waals surface area contributed by atoms with Gasteiger partial charge in [-0.3, -0.25) is 0 Å². The Kier molecular flexibility index (Phi) is 8.09. The second kappa shape index (κ2) is 9.80. The van der Waals surface area contributed by atoms with Crippen LogP contribution in [0.5, 0.6) is 5.75 Å². The van der Waals surface area contributed by atoms with Crippen LogP contribution in [0.1, 0.15) is 12.8 Å². The first-order chi connectivity index (χ1) is 11.8. The summed E-state index contributed by atoms with van der Waals surface area (Å²) >= 11 is 0. The number of carboxylic acids is 2. The minimum Gasteiger partial charge on any atom is -0.497 e. The summed E-state index contributed by atoms with van der Waals surface area (Å²) < 4.78 is 29.6. The first-order valence-corrected chi connectivity index (χ1v) is 9.04. The zero-order chi connectivity index (χ0) is 18.9. The fraction of sp³-hybridized carbons (Fsp3) is 0.375. The zero-order valence-electron chi connectivity index (χ0n) is 13.7. The van der Waals surface area contributed by atoms with E-state index in [-0.39, 0.29) is 5.25 Å². The molecule has 1 heterocycles. The predicted molar refractivity (Wildman–Crippen MR) is 90.5 cm³/mol. The summed E-state index contributed by atoms with van der Waals surface area (Å²) in [5.74, 6) is -1.84. The van der Waals surface area contributed by atoms with Gasteiger partial charge in [0.25, 0.3) is 0 Å². The van der Waals surface area contributed by atoms with Crippen molar-refractivity contribution < 1.29 is 33.0 Å². The molecule has 138 valence electrons. The molecule has 2 rings (SSSR count). The lowest BCUT2D eigenvalue weighted by Crippen LogP contribution is -2.38. The first-order valence-electron chi connectivity index (χ1n) is 7.50. The molecule has 0 aliphatic carbocycles. The smallest absolute Gasteiger partial charge is 0.328 e. The van der Waals surface area contributed by atoms with Gasteiger partial charge in [-0.1, -0.05) is 0 Å². The highest BCUT2D eigenvalue weighted by Gasteiger charge is 2.28. The van der Waals surface area contributed by atoms with Crippen molar-refractivity contribution in [2.75, 3.05) is 20.2 Å². The molecule has 0 radical (unpaired) electrons. The summed E-state index contributed by atoms with van der Waals surface area (Å²) in [7, 11) is -1.64. The number of sulfone groups is 1. The highest BCUT2D eigenvalue weighted by molar-refractivity contribution is 7.92. The molecule has 9 heteroatoms. The standard InChI is InChI=1S/C12H17NO3S.C4H4O4/c1-16-10-4-6-11(7-5-10)17(14,15)12-3-2-8-13-9-12;5-3(6)1-2-4(7)8/h4-7,12-13H,2-3,8-9H2,1H3;1-2H,(H,5,6)(H,7,8). The third kappa shape index (κ3) is 6.94. The van der Waals surface area contributed by atoms with Gasteiger partial charge >= 0.3 is 11.9 Å². The average molecular weight is 371 g/mol. The molecule has 0 saturated carbocycles. The molecule has 1 fully saturated rings. The maximum atomic E-state index is 12.3. The van der Waals surface area contributed by atoms with Gasteiger partial charge in [-0.15, -0.1) is 0 Å². The van der Waals surface area contributed by atoms with E-state index in [4.69, 9.17) is 14.9 Å². The number of ether oxygens (including phenoxy) is 1. The van der Waals surface area contributed by atoms with E-state index in [0.717, 1.165) is 19.4 Å². The molecule has 1 saturated heterocycles. The molecular weight excluding hydrogens is 350 g/mol. The average Bonchev–Trinajstić information content (AvgIpc) is 2.61. The maximum Gasteiger partial charge on any atom is 0.328 e. The molecule has 0 amide bonds. The summed E-state index contributed by atoms with van der Waals surface area (Å²) in [6.07, 6.45) is 2.77. The summed E-state index contributed by atoms with van der Waals surface area (Å²) in [6.45, 7) is 1.46. The van der Waals surface area contributed by atoms with Crippen LogP contribution < -0.4 is 10.1 Å². The Morgan fingerprint density at radius 1 is 1.16 bits per heavy atom. The number of nitrogens with one attached hydrogen (secondary N) is 1. The molecule has 25 heavy (non-hydrogen) atoms. The fourth-order valence-corrected chi connectivity index (χ4v) is 3.90. The van der Waals surface area contributed by atoms with E-state index in [0.29, 0.717) is 29.3 Å². The summed E-state index contributed by atoms with van der Waals surface area (Å²) in [5.41, 5.74) is 0. The zero-order valence-corrected chi connectivity index (χ0v) is 14.5. The maximum absolute atomic E-state index is 12.3. The van der Waals surface area contributed by atoms with Crippen LogP contribution in [0.4, 0.5) is 0 Å². The number of aliphatic carboxylic acids is 2. The van der Waals surface area contributed by atoms with Crippen LogP contribution in [0, 0.1) is 0 Å². The topological polar surface area (TPSA) is 130 Å². The number of benzene rings is 1. The molecule has 3 N–H and O–H groups in total. The van der Waals surface area contributed by atoms with Crippen LogP contribution in [0.2, 0.25) is 0 Å². The molecule has 1 unspecified atom stereocenters. The van der Waals surface area contributed by atoms with Crippen molar-refractivity contribution in [2.45, 2.75) is 23.0 Å². The Labute approximate surface area is 146 Å². The van der Waals surface area contributed by atoms with Crippen molar-refractivity contribution in [3.8, 4) is 5.75 Å². The second-order valence-corrected chi connectivity index (χ2v) is 7.43. The lowest BCUT2D eigenvalue weighted by molar-refractivity contribution is -0.134. The number of methoxy groups -OCH3 is 1. The van der Waals surface area contributed by atoms with Crippen molar-refractivity contribution in [2.24, 2.45) is 0 Å². The molecule has 1 aliphatic rings. The lowest BCUT2D eigenvalue weighted by Gasteiger charge is -2.22. The van der Waals surface area contributed by atoms with E-state index in [1.807, 2.05) is 0 Å². The van der Waals surface area contributed by atoms with Crippen LogP contribution in [0.15, 0.2) is 41.3 Å². The van der Waals surface area contributed by atoms with Gasteiger partial charge in [0.2, 0.25) is 0 Å². The number of hydrogen-bond donors (Lipinski definition) is 3. The molecule has 0 aromatic heterocycles. The molecule has 8 nitrogen and oxygen atoms in total. The number of rotatable bonds is 5. The Balaban J connectivity index is 0.000000333. The van der Waals surface area contributed by atoms with Gasteiger partial charge in [-0.05, 0) is 43.7 Å². The number of carboxylic acid groups (broad SMARTS) is 2. The Morgan fingerprint density at radius 2 is 1.72 bits per heavy atom. The molecular formula is C16H21NO7S. The van der Waals surface area contributed by atoms with Crippen molar-refractivity contribution >= 4 is 21.8 Å². The third-order valence-corrected chi connectivity index (χ3v) is 5.66. The largest absolute Gasteiger partial charge is 0.497 e. The SMILES string of the molecule is COc1ccc(S(=O)(=O)C2CCCNC2)cc1.O=C(O)C=CC(=O)O. The van der Waals surface area contributed by atoms with E-state index in [1.54, 1.807) is 31.4 Å². The van der Waals surface area contributed by atoms with Gasteiger partial charge in [0.15, 0.2) is 9.84 Å². The highest BCUT2D eigenvalue weighted by atomic mass is 32.2. The number of hydrogen-bond acceptors (Lipinski definition) is 6. The monoisotopic (exact) mass is 371 g/mol. The van der Waals surface area contributed by atoms with Gasteiger partial charge in [0.1, 0.15) is 5.75 Å². The molecule has 1 aromatic carbocycles. The minimum absolute atomic E-state index is 0.301. The van der Waals surface area contributed by atoms with Crippen LogP contribution in [0.3, 0.4) is 0 Å². The molecule has 1 aliphatic heterocycles. The number of piperidine rings is 1. The normalized spacial score (nSPS) is 17.4. The molecule has 1 atom stereocenters. The fourth-order valence-electron chi connectivity index (χ4n) is 2.19. The Morgan fingerprint density at radius 3 is 2.12 bits per heavy atom. The van der Waals surface area contributed by atoms with Crippen LogP contribution in [0.25, 0.3) is 0 Å². The predicted octanol–water partition coefficient (Wildman–Crippen LogP) is 0.933. The minimum atomic E-state index is -3.21. The van der Waals surface area contributed by atoms with E-state index in [9.17, 15) is 18.0 Å². The summed E-state index contributed by atoms with van der Waals surface area (Å²) in [5, 5.41) is 18.5. The third-order valence-electron chi connectivity index (χ3n) is 3.45. The summed E-state index contributed by atoms with van der Waals surface area (Å²) in [4.78, 5) is 19.5. The van der Waals surface area contributed by atoms with Crippen LogP contribution in [-0.2, 0) is 19.4 Å². The van der Waals surface area contributed by atoms with Gasteiger partial charge in [-0.25, -0.2) is 18.0 Å². The van der Waals surface area contributed by atoms with Crippen molar-refractivity contribution in [1.29, 1.82) is 0 Å².